The quantitative estimate of drug-likeness (QED) is 0.782. The highest BCUT2D eigenvalue weighted by Crippen LogP contribution is 2.60. The highest BCUT2D eigenvalue weighted by molar-refractivity contribution is 5.90. The summed E-state index contributed by atoms with van der Waals surface area (Å²) in [4.78, 5) is 28.2. The molecule has 5 rings (SSSR count). The summed E-state index contributed by atoms with van der Waals surface area (Å²) in [5.74, 6) is 2.65. The summed E-state index contributed by atoms with van der Waals surface area (Å²) in [6.45, 7) is 7.28. The molecule has 1 aliphatic heterocycles. The van der Waals surface area contributed by atoms with Gasteiger partial charge in [-0.15, -0.1) is 12.4 Å². The van der Waals surface area contributed by atoms with Crippen LogP contribution in [0.15, 0.2) is 0 Å². The predicted molar refractivity (Wildman–Crippen MR) is 104 cm³/mol. The van der Waals surface area contributed by atoms with Gasteiger partial charge in [0.2, 0.25) is 11.8 Å². The van der Waals surface area contributed by atoms with Crippen molar-refractivity contribution < 1.29 is 9.59 Å². The van der Waals surface area contributed by atoms with E-state index in [1.54, 1.807) is 0 Å². The number of amides is 2. The van der Waals surface area contributed by atoms with Gasteiger partial charge in [-0.1, -0.05) is 13.8 Å². The lowest BCUT2D eigenvalue weighted by molar-refractivity contribution is -0.150. The molecule has 1 unspecified atom stereocenters. The molecule has 4 bridgehead atoms. The monoisotopic (exact) mass is 383 g/mol. The fraction of sp³-hybridized carbons (Fsp3) is 0.900. The Labute approximate surface area is 163 Å². The second-order valence-electron chi connectivity index (χ2n) is 9.47. The first-order valence-corrected chi connectivity index (χ1v) is 10.3. The first-order valence-electron chi connectivity index (χ1n) is 10.3. The van der Waals surface area contributed by atoms with E-state index in [0.29, 0.717) is 0 Å². The summed E-state index contributed by atoms with van der Waals surface area (Å²) in [7, 11) is 0. The van der Waals surface area contributed by atoms with Crippen LogP contribution in [0.2, 0.25) is 0 Å². The molecule has 1 atom stereocenters. The number of carbonyl (C=O) groups excluding carboxylic acids is 2. The number of nitrogens with zero attached hydrogens (tertiary/aromatic N) is 1. The first-order chi connectivity index (χ1) is 12.0. The van der Waals surface area contributed by atoms with E-state index in [4.69, 9.17) is 0 Å². The van der Waals surface area contributed by atoms with E-state index in [9.17, 15) is 9.59 Å². The molecule has 4 aliphatic carbocycles. The van der Waals surface area contributed by atoms with Crippen molar-refractivity contribution in [1.82, 2.24) is 15.5 Å². The lowest BCUT2D eigenvalue weighted by atomic mass is 9.49. The van der Waals surface area contributed by atoms with Crippen molar-refractivity contribution in [2.45, 2.75) is 58.4 Å². The van der Waals surface area contributed by atoms with Crippen LogP contribution < -0.4 is 10.6 Å². The molecule has 1 heterocycles. The third-order valence-corrected chi connectivity index (χ3v) is 7.17. The fourth-order valence-corrected chi connectivity index (χ4v) is 6.28. The molecule has 26 heavy (non-hydrogen) atoms. The van der Waals surface area contributed by atoms with E-state index in [0.717, 1.165) is 63.2 Å². The second-order valence-corrected chi connectivity index (χ2v) is 9.47. The van der Waals surface area contributed by atoms with E-state index < -0.39 is 0 Å². The molecule has 2 N–H and O–H groups in total. The Morgan fingerprint density at radius 1 is 1.00 bits per heavy atom. The minimum absolute atomic E-state index is 0. The van der Waals surface area contributed by atoms with Gasteiger partial charge in [-0.25, -0.2) is 0 Å². The molecule has 5 aliphatic rings. The fourth-order valence-electron chi connectivity index (χ4n) is 6.28. The normalized spacial score (nSPS) is 36.6. The zero-order valence-electron chi connectivity index (χ0n) is 16.1. The summed E-state index contributed by atoms with van der Waals surface area (Å²) >= 11 is 0. The molecule has 5 fully saturated rings. The van der Waals surface area contributed by atoms with Crippen LogP contribution in [0, 0.1) is 29.1 Å². The van der Waals surface area contributed by atoms with Crippen LogP contribution in [0.1, 0.15) is 52.4 Å². The second kappa shape index (κ2) is 7.67. The van der Waals surface area contributed by atoms with Crippen molar-refractivity contribution in [3.8, 4) is 0 Å². The summed E-state index contributed by atoms with van der Waals surface area (Å²) in [5.41, 5.74) is -0.175. The van der Waals surface area contributed by atoms with Crippen LogP contribution in [-0.2, 0) is 9.59 Å². The summed E-state index contributed by atoms with van der Waals surface area (Å²) < 4.78 is 0. The molecule has 0 radical (unpaired) electrons. The Morgan fingerprint density at radius 3 is 1.96 bits per heavy atom. The first kappa shape index (κ1) is 19.9. The van der Waals surface area contributed by atoms with Crippen LogP contribution in [0.5, 0.6) is 0 Å². The van der Waals surface area contributed by atoms with E-state index in [-0.39, 0.29) is 41.6 Å². The molecule has 0 aromatic heterocycles. The zero-order chi connectivity index (χ0) is 17.6. The molecule has 6 heteroatoms. The van der Waals surface area contributed by atoms with Crippen LogP contribution in [0.25, 0.3) is 0 Å². The van der Waals surface area contributed by atoms with Crippen LogP contribution in [-0.4, -0.2) is 48.9 Å². The zero-order valence-corrected chi connectivity index (χ0v) is 16.9. The summed E-state index contributed by atoms with van der Waals surface area (Å²) in [6, 6.07) is -0.376. The van der Waals surface area contributed by atoms with E-state index in [1.807, 2.05) is 18.7 Å². The van der Waals surface area contributed by atoms with Gasteiger partial charge in [0.05, 0.1) is 0 Å². The maximum Gasteiger partial charge on any atom is 0.245 e. The predicted octanol–water partition coefficient (Wildman–Crippen LogP) is 2.20. The van der Waals surface area contributed by atoms with Gasteiger partial charge in [-0.2, -0.15) is 0 Å². The molecule has 5 nitrogen and oxygen atoms in total. The van der Waals surface area contributed by atoms with E-state index in [1.165, 1.54) is 19.3 Å². The average molecular weight is 384 g/mol. The number of hydrogen-bond acceptors (Lipinski definition) is 3. The van der Waals surface area contributed by atoms with E-state index >= 15 is 0 Å². The van der Waals surface area contributed by atoms with Gasteiger partial charge >= 0.3 is 0 Å². The van der Waals surface area contributed by atoms with Gasteiger partial charge in [-0.05, 0) is 62.2 Å². The Bertz CT molecular complexity index is 510. The molecule has 0 spiro atoms. The Hall–Kier alpha value is -0.810. The highest BCUT2D eigenvalue weighted by Gasteiger charge is 2.55. The van der Waals surface area contributed by atoms with Crippen molar-refractivity contribution in [3.63, 3.8) is 0 Å². The molecule has 4 saturated carbocycles. The van der Waals surface area contributed by atoms with Gasteiger partial charge in [0.1, 0.15) is 6.04 Å². The molecule has 148 valence electrons. The Balaban J connectivity index is 0.00000196. The molecular weight excluding hydrogens is 350 g/mol. The molecule has 0 aromatic carbocycles. The van der Waals surface area contributed by atoms with Gasteiger partial charge in [-0.3, -0.25) is 9.59 Å². The van der Waals surface area contributed by atoms with Crippen molar-refractivity contribution in [2.24, 2.45) is 29.1 Å². The third kappa shape index (κ3) is 3.62. The largest absolute Gasteiger partial charge is 0.344 e. The van der Waals surface area contributed by atoms with Gasteiger partial charge in [0.25, 0.3) is 0 Å². The van der Waals surface area contributed by atoms with Crippen molar-refractivity contribution in [1.29, 1.82) is 0 Å². The maximum absolute atomic E-state index is 13.3. The standard InChI is InChI=1S/C20H33N3O2.ClH/c1-13(2)17(18(24)23-5-3-21-4-6-23)22-19(25)20-10-14-7-15(11-20)9-16(8-14)12-20;/h13-17,21H,3-12H2,1-2H3,(H,22,25);1H. The maximum atomic E-state index is 13.3. The Morgan fingerprint density at radius 2 is 1.50 bits per heavy atom. The Kier molecular flexibility index (Phi) is 5.88. The molecule has 0 aromatic rings. The van der Waals surface area contributed by atoms with E-state index in [2.05, 4.69) is 10.6 Å². The van der Waals surface area contributed by atoms with Crippen molar-refractivity contribution in [3.05, 3.63) is 0 Å². The van der Waals surface area contributed by atoms with Crippen molar-refractivity contribution >= 4 is 24.2 Å². The molecule has 1 saturated heterocycles. The summed E-state index contributed by atoms with van der Waals surface area (Å²) in [5, 5.41) is 6.51. The SMILES string of the molecule is CC(C)C(NC(=O)C12CC3CC(CC(C3)C1)C2)C(=O)N1CCNCC1.Cl. The summed E-state index contributed by atoms with van der Waals surface area (Å²) in [6.07, 6.45) is 7.16. The number of rotatable bonds is 4. The van der Waals surface area contributed by atoms with Crippen LogP contribution in [0.4, 0.5) is 0 Å². The minimum Gasteiger partial charge on any atom is -0.344 e. The number of hydrogen-bond donors (Lipinski definition) is 2. The lowest BCUT2D eigenvalue weighted by Crippen LogP contribution is -2.60. The van der Waals surface area contributed by atoms with Crippen molar-refractivity contribution in [2.75, 3.05) is 26.2 Å². The smallest absolute Gasteiger partial charge is 0.245 e. The van der Waals surface area contributed by atoms with Gasteiger partial charge in [0.15, 0.2) is 0 Å². The van der Waals surface area contributed by atoms with Crippen LogP contribution >= 0.6 is 12.4 Å². The average Bonchev–Trinajstić information content (AvgIpc) is 2.58. The van der Waals surface area contributed by atoms with Gasteiger partial charge in [0, 0.05) is 31.6 Å². The number of piperazine rings is 1. The van der Waals surface area contributed by atoms with Crippen LogP contribution in [0.3, 0.4) is 0 Å². The third-order valence-electron chi connectivity index (χ3n) is 7.17. The van der Waals surface area contributed by atoms with Gasteiger partial charge < -0.3 is 15.5 Å². The number of halogens is 1. The molecule has 2 amide bonds. The lowest BCUT2D eigenvalue weighted by Gasteiger charge is -2.56. The molecular formula is C20H34ClN3O2. The topological polar surface area (TPSA) is 61.4 Å². The number of carbonyl (C=O) groups is 2. The number of nitrogens with one attached hydrogen (secondary N) is 2. The highest BCUT2D eigenvalue weighted by atomic mass is 35.5. The minimum atomic E-state index is -0.376.